The Hall–Kier alpha value is -1.17. The van der Waals surface area contributed by atoms with Gasteiger partial charge in [0.05, 0.1) is 21.8 Å². The molecule has 0 saturated carbocycles. The number of rotatable bonds is 7. The van der Waals surface area contributed by atoms with Crippen molar-refractivity contribution in [1.29, 1.82) is 0 Å². The highest BCUT2D eigenvalue weighted by Crippen LogP contribution is 2.32. The molecule has 0 amide bonds. The molecule has 0 fully saturated rings. The smallest absolute Gasteiger partial charge is 0.120 e. The summed E-state index contributed by atoms with van der Waals surface area (Å²) in [6, 6.07) is 6.09. The minimum absolute atomic E-state index is 0.0800. The zero-order chi connectivity index (χ0) is 16.2. The minimum atomic E-state index is 0.0800. The van der Waals surface area contributed by atoms with Gasteiger partial charge in [0.1, 0.15) is 12.4 Å². The van der Waals surface area contributed by atoms with Gasteiger partial charge in [-0.3, -0.25) is 4.90 Å². The van der Waals surface area contributed by atoms with Crippen molar-refractivity contribution in [3.63, 3.8) is 0 Å². The van der Waals surface area contributed by atoms with Crippen molar-refractivity contribution < 1.29 is 9.84 Å². The van der Waals surface area contributed by atoms with E-state index in [1.807, 2.05) is 12.1 Å². The lowest BCUT2D eigenvalue weighted by molar-refractivity contribution is 0.174. The summed E-state index contributed by atoms with van der Waals surface area (Å²) in [5, 5.41) is 10.1. The molecule has 2 rings (SSSR count). The molecule has 1 aromatic heterocycles. The highest BCUT2D eigenvalue weighted by Gasteiger charge is 2.18. The summed E-state index contributed by atoms with van der Waals surface area (Å²) in [4.78, 5) is 6.87. The quantitative estimate of drug-likeness (QED) is 0.850. The van der Waals surface area contributed by atoms with E-state index >= 15 is 0 Å². The Labute approximate surface area is 136 Å². The van der Waals surface area contributed by atoms with Crippen molar-refractivity contribution in [3.8, 4) is 5.75 Å². The molecule has 4 nitrogen and oxygen atoms in total. The van der Waals surface area contributed by atoms with Crippen LogP contribution < -0.4 is 4.74 Å². The molecule has 0 spiro atoms. The van der Waals surface area contributed by atoms with E-state index in [1.54, 1.807) is 11.3 Å². The Kier molecular flexibility index (Phi) is 5.78. The first kappa shape index (κ1) is 17.2. The fourth-order valence-electron chi connectivity index (χ4n) is 2.18. The van der Waals surface area contributed by atoms with Gasteiger partial charge in [-0.15, -0.1) is 11.3 Å². The lowest BCUT2D eigenvalue weighted by Gasteiger charge is -2.19. The molecule has 1 aromatic carbocycles. The van der Waals surface area contributed by atoms with Crippen LogP contribution in [-0.4, -0.2) is 47.8 Å². The molecule has 1 N–H and O–H groups in total. The highest BCUT2D eigenvalue weighted by atomic mass is 32.1. The van der Waals surface area contributed by atoms with E-state index in [1.165, 1.54) is 4.70 Å². The Morgan fingerprint density at radius 2 is 2.05 bits per heavy atom. The predicted molar refractivity (Wildman–Crippen MR) is 93.0 cm³/mol. The number of thiazole rings is 1. The average molecular weight is 322 g/mol. The largest absolute Gasteiger partial charge is 0.492 e. The summed E-state index contributed by atoms with van der Waals surface area (Å²) in [6.45, 7) is 11.9. The van der Waals surface area contributed by atoms with Crippen LogP contribution >= 0.6 is 11.3 Å². The van der Waals surface area contributed by atoms with Gasteiger partial charge in [0.15, 0.2) is 0 Å². The molecule has 0 bridgehead atoms. The van der Waals surface area contributed by atoms with Crippen LogP contribution in [0.25, 0.3) is 10.2 Å². The number of aromatic nitrogens is 1. The third kappa shape index (κ3) is 4.41. The summed E-state index contributed by atoms with van der Waals surface area (Å²) in [5.41, 5.74) is 1.12. The average Bonchev–Trinajstić information content (AvgIpc) is 2.89. The van der Waals surface area contributed by atoms with E-state index in [2.05, 4.69) is 38.7 Å². The molecule has 0 unspecified atom stereocenters. The molecule has 122 valence electrons. The van der Waals surface area contributed by atoms with Gasteiger partial charge in [0.2, 0.25) is 0 Å². The lowest BCUT2D eigenvalue weighted by atomic mass is 9.98. The second-order valence-electron chi connectivity index (χ2n) is 6.40. The van der Waals surface area contributed by atoms with Gasteiger partial charge in [0, 0.05) is 18.5 Å². The Morgan fingerprint density at radius 1 is 1.27 bits per heavy atom. The number of ether oxygens (including phenoxy) is 1. The summed E-state index contributed by atoms with van der Waals surface area (Å²) >= 11 is 1.74. The molecule has 0 aliphatic heterocycles. The zero-order valence-electron chi connectivity index (χ0n) is 13.9. The van der Waals surface area contributed by atoms with E-state index in [4.69, 9.17) is 14.8 Å². The SMILES string of the molecule is CCN(CCO)CCOc1ccc2nc(C(C)(C)C)sc2c1. The fourth-order valence-corrected chi connectivity index (χ4v) is 3.23. The lowest BCUT2D eigenvalue weighted by Crippen LogP contribution is -2.30. The van der Waals surface area contributed by atoms with Crippen LogP contribution in [0, 0.1) is 0 Å². The standard InChI is InChI=1S/C17H26N2O2S/c1-5-19(8-10-20)9-11-21-13-6-7-14-15(12-13)22-16(18-14)17(2,3)4/h6-7,12,20H,5,8-11H2,1-4H3. The van der Waals surface area contributed by atoms with E-state index in [0.29, 0.717) is 13.2 Å². The van der Waals surface area contributed by atoms with Gasteiger partial charge in [0.25, 0.3) is 0 Å². The summed E-state index contributed by atoms with van der Waals surface area (Å²) in [5.74, 6) is 0.886. The molecule has 5 heteroatoms. The number of nitrogens with zero attached hydrogens (tertiary/aromatic N) is 2. The number of hydrogen-bond acceptors (Lipinski definition) is 5. The molecule has 1 heterocycles. The maximum Gasteiger partial charge on any atom is 0.120 e. The monoisotopic (exact) mass is 322 g/mol. The third-order valence-corrected chi connectivity index (χ3v) is 4.99. The number of aliphatic hydroxyl groups excluding tert-OH is 1. The van der Waals surface area contributed by atoms with Crippen LogP contribution in [0.2, 0.25) is 0 Å². The molecular formula is C17H26N2O2S. The van der Waals surface area contributed by atoms with Gasteiger partial charge >= 0.3 is 0 Å². The third-order valence-electron chi connectivity index (χ3n) is 3.54. The van der Waals surface area contributed by atoms with Crippen molar-refractivity contribution in [1.82, 2.24) is 9.88 Å². The Morgan fingerprint density at radius 3 is 2.68 bits per heavy atom. The maximum atomic E-state index is 8.98. The normalized spacial score (nSPS) is 12.3. The summed E-state index contributed by atoms with van der Waals surface area (Å²) < 4.78 is 7.01. The molecule has 0 aliphatic rings. The molecule has 0 saturated heterocycles. The number of fused-ring (bicyclic) bond motifs is 1. The molecular weight excluding hydrogens is 296 g/mol. The maximum absolute atomic E-state index is 8.98. The van der Waals surface area contributed by atoms with Crippen molar-refractivity contribution in [2.75, 3.05) is 32.8 Å². The van der Waals surface area contributed by atoms with Gasteiger partial charge in [-0.25, -0.2) is 4.98 Å². The first-order valence-corrected chi connectivity index (χ1v) is 8.62. The topological polar surface area (TPSA) is 45.6 Å². The van der Waals surface area contributed by atoms with E-state index < -0.39 is 0 Å². The van der Waals surface area contributed by atoms with Gasteiger partial charge in [-0.1, -0.05) is 27.7 Å². The Bertz CT molecular complexity index is 604. The number of hydrogen-bond donors (Lipinski definition) is 1. The van der Waals surface area contributed by atoms with Gasteiger partial charge in [-0.05, 0) is 24.7 Å². The van der Waals surface area contributed by atoms with Crippen LogP contribution in [0.5, 0.6) is 5.75 Å². The van der Waals surface area contributed by atoms with Crippen LogP contribution in [0.15, 0.2) is 18.2 Å². The van der Waals surface area contributed by atoms with Crippen molar-refractivity contribution in [2.45, 2.75) is 33.1 Å². The molecule has 2 aromatic rings. The van der Waals surface area contributed by atoms with Crippen molar-refractivity contribution >= 4 is 21.6 Å². The van der Waals surface area contributed by atoms with Gasteiger partial charge < -0.3 is 9.84 Å². The number of benzene rings is 1. The van der Waals surface area contributed by atoms with Crippen molar-refractivity contribution in [2.24, 2.45) is 0 Å². The van der Waals surface area contributed by atoms with Crippen LogP contribution in [0.4, 0.5) is 0 Å². The fraction of sp³-hybridized carbons (Fsp3) is 0.588. The molecule has 0 aliphatic carbocycles. The molecule has 0 radical (unpaired) electrons. The Balaban J connectivity index is 2.00. The minimum Gasteiger partial charge on any atom is -0.492 e. The second-order valence-corrected chi connectivity index (χ2v) is 7.44. The van der Waals surface area contributed by atoms with E-state index in [9.17, 15) is 0 Å². The first-order chi connectivity index (χ1) is 10.4. The molecule has 22 heavy (non-hydrogen) atoms. The summed E-state index contributed by atoms with van der Waals surface area (Å²) in [7, 11) is 0. The second kappa shape index (κ2) is 7.40. The first-order valence-electron chi connectivity index (χ1n) is 7.81. The van der Waals surface area contributed by atoms with E-state index in [-0.39, 0.29) is 12.0 Å². The summed E-state index contributed by atoms with van der Waals surface area (Å²) in [6.07, 6.45) is 0. The van der Waals surface area contributed by atoms with E-state index in [0.717, 1.165) is 29.4 Å². The number of likely N-dealkylation sites (N-methyl/N-ethyl adjacent to an activating group) is 1. The highest BCUT2D eigenvalue weighted by molar-refractivity contribution is 7.18. The van der Waals surface area contributed by atoms with Crippen LogP contribution in [0.1, 0.15) is 32.7 Å². The van der Waals surface area contributed by atoms with Crippen molar-refractivity contribution in [3.05, 3.63) is 23.2 Å². The predicted octanol–water partition coefficient (Wildman–Crippen LogP) is 3.29. The zero-order valence-corrected chi connectivity index (χ0v) is 14.7. The van der Waals surface area contributed by atoms with Crippen LogP contribution in [0.3, 0.4) is 0 Å². The van der Waals surface area contributed by atoms with Gasteiger partial charge in [-0.2, -0.15) is 0 Å². The molecule has 0 atom stereocenters. The van der Waals surface area contributed by atoms with Crippen LogP contribution in [-0.2, 0) is 5.41 Å². The number of aliphatic hydroxyl groups is 1.